The highest BCUT2D eigenvalue weighted by Crippen LogP contribution is 2.44. The summed E-state index contributed by atoms with van der Waals surface area (Å²) >= 11 is 6.02. The van der Waals surface area contributed by atoms with Crippen molar-refractivity contribution in [2.24, 2.45) is 0 Å². The van der Waals surface area contributed by atoms with Crippen LogP contribution in [-0.4, -0.2) is 34.9 Å². The van der Waals surface area contributed by atoms with Crippen molar-refractivity contribution in [1.29, 1.82) is 0 Å². The van der Waals surface area contributed by atoms with Crippen LogP contribution in [0.15, 0.2) is 73.1 Å². The smallest absolute Gasteiger partial charge is 0.252 e. The third-order valence-electron chi connectivity index (χ3n) is 7.10. The molecule has 0 unspecified atom stereocenters. The fourth-order valence-electron chi connectivity index (χ4n) is 4.76. The van der Waals surface area contributed by atoms with E-state index >= 15 is 0 Å². The van der Waals surface area contributed by atoms with Gasteiger partial charge in [0.25, 0.3) is 5.91 Å². The number of aryl methyl sites for hydroxylation is 1. The molecule has 7 nitrogen and oxygen atoms in total. The molecule has 0 bridgehead atoms. The summed E-state index contributed by atoms with van der Waals surface area (Å²) in [7, 11) is 1.57. The van der Waals surface area contributed by atoms with Gasteiger partial charge in [-0.2, -0.15) is 0 Å². The van der Waals surface area contributed by atoms with Crippen molar-refractivity contribution in [3.8, 4) is 11.1 Å². The summed E-state index contributed by atoms with van der Waals surface area (Å²) in [6.07, 6.45) is 4.38. The van der Waals surface area contributed by atoms with E-state index in [9.17, 15) is 9.59 Å². The van der Waals surface area contributed by atoms with Gasteiger partial charge < -0.3 is 20.9 Å². The second-order valence-electron chi connectivity index (χ2n) is 9.96. The van der Waals surface area contributed by atoms with E-state index in [2.05, 4.69) is 50.2 Å². The number of nitrogens with zero attached hydrogens (tertiary/aromatic N) is 1. The van der Waals surface area contributed by atoms with Crippen molar-refractivity contribution >= 4 is 29.1 Å². The van der Waals surface area contributed by atoms with Gasteiger partial charge in [-0.05, 0) is 78.3 Å². The summed E-state index contributed by atoms with van der Waals surface area (Å²) in [4.78, 5) is 33.8. The summed E-state index contributed by atoms with van der Waals surface area (Å²) in [6.45, 7) is 2.49. The Balaban J connectivity index is 1.45. The lowest BCUT2D eigenvalue weighted by Gasteiger charge is -2.19. The number of carbonyl (C=O) groups excluding carboxylic acids is 2. The number of anilines is 1. The van der Waals surface area contributed by atoms with Crippen LogP contribution in [0.5, 0.6) is 0 Å². The SMILES string of the molecule is CNC(=O)[C@@H](Cc1ccc(Cl)cc1)NC(=O)c1cc(NCc2nc[nH]c2C)cc(-c2ccccc2C2CC2)c1. The number of rotatable bonds is 10. The molecule has 1 aromatic heterocycles. The van der Waals surface area contributed by atoms with Crippen LogP contribution in [0, 0.1) is 6.92 Å². The van der Waals surface area contributed by atoms with E-state index in [0.29, 0.717) is 29.5 Å². The van der Waals surface area contributed by atoms with E-state index in [-0.39, 0.29) is 11.8 Å². The van der Waals surface area contributed by atoms with Crippen LogP contribution in [-0.2, 0) is 17.8 Å². The molecule has 1 fully saturated rings. The lowest BCUT2D eigenvalue weighted by atomic mass is 9.94. The molecule has 5 rings (SSSR count). The normalized spacial score (nSPS) is 13.5. The highest BCUT2D eigenvalue weighted by atomic mass is 35.5. The van der Waals surface area contributed by atoms with E-state index in [4.69, 9.17) is 11.6 Å². The predicted molar refractivity (Wildman–Crippen MR) is 155 cm³/mol. The van der Waals surface area contributed by atoms with Gasteiger partial charge in [0, 0.05) is 35.4 Å². The number of hydrogen-bond donors (Lipinski definition) is 4. The van der Waals surface area contributed by atoms with Crippen LogP contribution in [0.2, 0.25) is 5.02 Å². The lowest BCUT2D eigenvalue weighted by Crippen LogP contribution is -2.47. The molecule has 0 saturated heterocycles. The summed E-state index contributed by atoms with van der Waals surface area (Å²) in [5, 5.41) is 9.67. The molecule has 4 aromatic rings. The molecule has 8 heteroatoms. The zero-order valence-corrected chi connectivity index (χ0v) is 22.8. The highest BCUT2D eigenvalue weighted by molar-refractivity contribution is 6.30. The number of H-pyrrole nitrogens is 1. The molecule has 2 amide bonds. The quantitative estimate of drug-likeness (QED) is 0.209. The van der Waals surface area contributed by atoms with Crippen LogP contribution >= 0.6 is 11.6 Å². The molecule has 0 spiro atoms. The molecular weight excluding hydrogens is 510 g/mol. The molecule has 1 aliphatic rings. The minimum atomic E-state index is -0.741. The Morgan fingerprint density at radius 3 is 2.54 bits per heavy atom. The van der Waals surface area contributed by atoms with Crippen LogP contribution < -0.4 is 16.0 Å². The van der Waals surface area contributed by atoms with E-state index < -0.39 is 6.04 Å². The number of nitrogens with one attached hydrogen (secondary N) is 4. The first-order chi connectivity index (χ1) is 18.9. The second kappa shape index (κ2) is 11.7. The summed E-state index contributed by atoms with van der Waals surface area (Å²) < 4.78 is 0. The number of likely N-dealkylation sites (N-methyl/N-ethyl adjacent to an activating group) is 1. The van der Waals surface area contributed by atoms with E-state index in [0.717, 1.165) is 33.8 Å². The number of halogens is 1. The van der Waals surface area contributed by atoms with Crippen molar-refractivity contribution in [3.63, 3.8) is 0 Å². The topological polar surface area (TPSA) is 98.9 Å². The van der Waals surface area contributed by atoms with Crippen molar-refractivity contribution in [2.75, 3.05) is 12.4 Å². The zero-order valence-electron chi connectivity index (χ0n) is 22.1. The van der Waals surface area contributed by atoms with E-state index in [1.807, 2.05) is 37.3 Å². The standard InChI is InChI=1S/C31H32ClN5O2/c1-19-29(36-18-35-19)17-34-25-15-22(27-6-4-3-5-26(27)21-9-10-21)14-23(16-25)30(38)37-28(31(39)33-2)13-20-7-11-24(32)12-8-20/h3-8,11-12,14-16,18,21,28,34H,9-10,13,17H2,1-2H3,(H,33,39)(H,35,36)(H,37,38)/t28-/m1/s1. The summed E-state index contributed by atoms with van der Waals surface area (Å²) in [5.41, 5.74) is 7.47. The maximum absolute atomic E-state index is 13.6. The average Bonchev–Trinajstić information content (AvgIpc) is 3.73. The van der Waals surface area contributed by atoms with Gasteiger partial charge in [0.05, 0.1) is 18.6 Å². The molecule has 0 aliphatic heterocycles. The zero-order chi connectivity index (χ0) is 27.4. The monoisotopic (exact) mass is 541 g/mol. The minimum Gasteiger partial charge on any atom is -0.379 e. The van der Waals surface area contributed by atoms with Crippen LogP contribution in [0.3, 0.4) is 0 Å². The van der Waals surface area contributed by atoms with Gasteiger partial charge in [0.1, 0.15) is 6.04 Å². The number of imidazole rings is 1. The van der Waals surface area contributed by atoms with Crippen LogP contribution in [0.25, 0.3) is 11.1 Å². The molecule has 1 aliphatic carbocycles. The van der Waals surface area contributed by atoms with Crippen molar-refractivity contribution in [2.45, 2.75) is 44.7 Å². The van der Waals surface area contributed by atoms with Crippen molar-refractivity contribution < 1.29 is 9.59 Å². The Morgan fingerprint density at radius 2 is 1.85 bits per heavy atom. The molecular formula is C31H32ClN5O2. The number of aromatic nitrogens is 2. The van der Waals surface area contributed by atoms with Crippen LogP contribution in [0.1, 0.15) is 51.6 Å². The van der Waals surface area contributed by atoms with Crippen molar-refractivity contribution in [3.05, 3.63) is 106 Å². The molecule has 0 radical (unpaired) electrons. The maximum atomic E-state index is 13.6. The summed E-state index contributed by atoms with van der Waals surface area (Å²) in [5.74, 6) is -0.0259. The summed E-state index contributed by atoms with van der Waals surface area (Å²) in [6, 6.07) is 20.7. The third-order valence-corrected chi connectivity index (χ3v) is 7.35. The Morgan fingerprint density at radius 1 is 1.08 bits per heavy atom. The lowest BCUT2D eigenvalue weighted by molar-refractivity contribution is -0.122. The molecule has 3 aromatic carbocycles. The van der Waals surface area contributed by atoms with Gasteiger partial charge in [-0.25, -0.2) is 4.98 Å². The number of carbonyl (C=O) groups is 2. The van der Waals surface area contributed by atoms with Gasteiger partial charge in [-0.1, -0.05) is 48.0 Å². The largest absolute Gasteiger partial charge is 0.379 e. The Labute approximate surface area is 233 Å². The molecule has 1 heterocycles. The molecule has 39 heavy (non-hydrogen) atoms. The number of benzene rings is 3. The Kier molecular flexibility index (Phi) is 7.98. The first kappa shape index (κ1) is 26.5. The Hall–Kier alpha value is -4.10. The third kappa shape index (κ3) is 6.49. The molecule has 4 N–H and O–H groups in total. The number of amides is 2. The minimum absolute atomic E-state index is 0.263. The second-order valence-corrected chi connectivity index (χ2v) is 10.4. The first-order valence-electron chi connectivity index (χ1n) is 13.1. The number of aromatic amines is 1. The molecule has 1 saturated carbocycles. The molecule has 200 valence electrons. The highest BCUT2D eigenvalue weighted by Gasteiger charge is 2.27. The van der Waals surface area contributed by atoms with E-state index in [1.54, 1.807) is 25.5 Å². The van der Waals surface area contributed by atoms with E-state index in [1.165, 1.54) is 18.4 Å². The van der Waals surface area contributed by atoms with Gasteiger partial charge in [0.15, 0.2) is 0 Å². The fraction of sp³-hybridized carbons (Fsp3) is 0.258. The maximum Gasteiger partial charge on any atom is 0.252 e. The first-order valence-corrected chi connectivity index (χ1v) is 13.5. The predicted octanol–water partition coefficient (Wildman–Crippen LogP) is 5.62. The average molecular weight is 542 g/mol. The van der Waals surface area contributed by atoms with Gasteiger partial charge >= 0.3 is 0 Å². The van der Waals surface area contributed by atoms with Crippen LogP contribution in [0.4, 0.5) is 5.69 Å². The molecule has 1 atom stereocenters. The Bertz CT molecular complexity index is 1480. The van der Waals surface area contributed by atoms with Crippen molar-refractivity contribution in [1.82, 2.24) is 20.6 Å². The van der Waals surface area contributed by atoms with Gasteiger partial charge in [-0.15, -0.1) is 0 Å². The van der Waals surface area contributed by atoms with Gasteiger partial charge in [-0.3, -0.25) is 9.59 Å². The number of hydrogen-bond acceptors (Lipinski definition) is 4. The van der Waals surface area contributed by atoms with Gasteiger partial charge in [0.2, 0.25) is 5.91 Å². The fourth-order valence-corrected chi connectivity index (χ4v) is 4.88.